The van der Waals surface area contributed by atoms with Crippen LogP contribution in [0, 0.1) is 0 Å². The van der Waals surface area contributed by atoms with Gasteiger partial charge in [-0.3, -0.25) is 0 Å². The summed E-state index contributed by atoms with van der Waals surface area (Å²) in [6, 6.07) is 11.5. The molecular formula is C14H12O4. The van der Waals surface area contributed by atoms with Crippen LogP contribution in [0.1, 0.15) is 10.4 Å². The Kier molecular flexibility index (Phi) is 3.19. The molecule has 2 aromatic carbocycles. The van der Waals surface area contributed by atoms with Gasteiger partial charge in [0.15, 0.2) is 0 Å². The van der Waals surface area contributed by atoms with Gasteiger partial charge in [-0.05, 0) is 24.3 Å². The van der Waals surface area contributed by atoms with Gasteiger partial charge in [0.1, 0.15) is 11.5 Å². The summed E-state index contributed by atoms with van der Waals surface area (Å²) in [7, 11) is 1.54. The number of carbonyl (C=O) groups is 1. The van der Waals surface area contributed by atoms with Gasteiger partial charge in [0, 0.05) is 11.1 Å². The quantitative estimate of drug-likeness (QED) is 0.871. The zero-order chi connectivity index (χ0) is 13.1. The second-order valence-corrected chi connectivity index (χ2v) is 3.74. The van der Waals surface area contributed by atoms with Gasteiger partial charge in [-0.15, -0.1) is 0 Å². The van der Waals surface area contributed by atoms with Gasteiger partial charge in [0.2, 0.25) is 0 Å². The first-order valence-electron chi connectivity index (χ1n) is 5.33. The zero-order valence-electron chi connectivity index (χ0n) is 9.75. The van der Waals surface area contributed by atoms with E-state index in [1.807, 2.05) is 12.1 Å². The minimum absolute atomic E-state index is 0.0474. The molecule has 0 unspecified atom stereocenters. The third kappa shape index (κ3) is 2.13. The average Bonchev–Trinajstić information content (AvgIpc) is 2.38. The van der Waals surface area contributed by atoms with E-state index in [-0.39, 0.29) is 11.3 Å². The number of carboxylic acid groups (broad SMARTS) is 1. The highest BCUT2D eigenvalue weighted by Crippen LogP contribution is 2.35. The van der Waals surface area contributed by atoms with Crippen molar-refractivity contribution in [2.45, 2.75) is 0 Å². The van der Waals surface area contributed by atoms with Crippen molar-refractivity contribution in [2.24, 2.45) is 0 Å². The average molecular weight is 244 g/mol. The molecule has 0 saturated heterocycles. The first kappa shape index (κ1) is 12.0. The fourth-order valence-electron chi connectivity index (χ4n) is 1.76. The van der Waals surface area contributed by atoms with Crippen molar-refractivity contribution in [2.75, 3.05) is 7.11 Å². The Bertz CT molecular complexity index is 590. The van der Waals surface area contributed by atoms with E-state index < -0.39 is 5.97 Å². The fraction of sp³-hybridized carbons (Fsp3) is 0.0714. The topological polar surface area (TPSA) is 66.8 Å². The van der Waals surface area contributed by atoms with Gasteiger partial charge in [0.25, 0.3) is 0 Å². The molecule has 0 aliphatic rings. The van der Waals surface area contributed by atoms with Crippen molar-refractivity contribution in [3.63, 3.8) is 0 Å². The zero-order valence-corrected chi connectivity index (χ0v) is 9.75. The van der Waals surface area contributed by atoms with Crippen LogP contribution in [0.4, 0.5) is 0 Å². The molecule has 0 atom stereocenters. The predicted molar refractivity (Wildman–Crippen MR) is 67.1 cm³/mol. The summed E-state index contributed by atoms with van der Waals surface area (Å²) >= 11 is 0. The number of rotatable bonds is 3. The van der Waals surface area contributed by atoms with Crippen molar-refractivity contribution in [3.8, 4) is 22.6 Å². The highest BCUT2D eigenvalue weighted by molar-refractivity contribution is 5.90. The second kappa shape index (κ2) is 4.79. The molecule has 0 heterocycles. The van der Waals surface area contributed by atoms with Gasteiger partial charge in [-0.25, -0.2) is 4.79 Å². The molecule has 2 N–H and O–H groups in total. The molecule has 0 aliphatic carbocycles. The Morgan fingerprint density at radius 1 is 1.11 bits per heavy atom. The van der Waals surface area contributed by atoms with Crippen molar-refractivity contribution in [1.82, 2.24) is 0 Å². The number of ether oxygens (including phenoxy) is 1. The first-order chi connectivity index (χ1) is 8.63. The summed E-state index contributed by atoms with van der Waals surface area (Å²) in [6.45, 7) is 0. The third-order valence-electron chi connectivity index (χ3n) is 2.64. The van der Waals surface area contributed by atoms with E-state index in [2.05, 4.69) is 0 Å². The maximum atomic E-state index is 10.8. The molecule has 4 heteroatoms. The first-order valence-corrected chi connectivity index (χ1v) is 5.33. The number of benzene rings is 2. The highest BCUT2D eigenvalue weighted by atomic mass is 16.5. The minimum Gasteiger partial charge on any atom is -0.507 e. The summed E-state index contributed by atoms with van der Waals surface area (Å²) in [5, 5.41) is 18.7. The van der Waals surface area contributed by atoms with Gasteiger partial charge in [-0.2, -0.15) is 0 Å². The largest absolute Gasteiger partial charge is 0.507 e. The van der Waals surface area contributed by atoms with Crippen LogP contribution in [0.3, 0.4) is 0 Å². The molecule has 0 aliphatic heterocycles. The minimum atomic E-state index is -1.07. The summed E-state index contributed by atoms with van der Waals surface area (Å²) in [5.74, 6) is -0.535. The number of para-hydroxylation sites is 1. The molecule has 92 valence electrons. The molecule has 2 rings (SSSR count). The van der Waals surface area contributed by atoms with Crippen LogP contribution in [0.15, 0.2) is 42.5 Å². The standard InChI is InChI=1S/C14H12O4/c1-18-13-5-3-2-4-11(13)10-7-6-9(14(16)17)8-12(10)15/h2-8,15H,1H3,(H,16,17). The van der Waals surface area contributed by atoms with E-state index in [0.29, 0.717) is 11.3 Å². The number of methoxy groups -OCH3 is 1. The summed E-state index contributed by atoms with van der Waals surface area (Å²) in [4.78, 5) is 10.8. The van der Waals surface area contributed by atoms with Crippen LogP contribution in [-0.2, 0) is 0 Å². The molecular weight excluding hydrogens is 232 g/mol. The lowest BCUT2D eigenvalue weighted by molar-refractivity contribution is 0.0696. The third-order valence-corrected chi connectivity index (χ3v) is 2.64. The van der Waals surface area contributed by atoms with Crippen molar-refractivity contribution >= 4 is 5.97 Å². The van der Waals surface area contributed by atoms with Gasteiger partial charge >= 0.3 is 5.97 Å². The van der Waals surface area contributed by atoms with Crippen LogP contribution in [-0.4, -0.2) is 23.3 Å². The molecule has 0 radical (unpaired) electrons. The second-order valence-electron chi connectivity index (χ2n) is 3.74. The lowest BCUT2D eigenvalue weighted by atomic mass is 10.0. The van der Waals surface area contributed by atoms with Crippen molar-refractivity contribution in [1.29, 1.82) is 0 Å². The van der Waals surface area contributed by atoms with E-state index in [1.54, 1.807) is 25.3 Å². The Labute approximate surface area is 104 Å². The highest BCUT2D eigenvalue weighted by Gasteiger charge is 2.12. The molecule has 0 amide bonds. The van der Waals surface area contributed by atoms with Crippen molar-refractivity contribution < 1.29 is 19.7 Å². The number of aromatic carboxylic acids is 1. The Hall–Kier alpha value is -2.49. The molecule has 0 saturated carbocycles. The van der Waals surface area contributed by atoms with Crippen LogP contribution in [0.25, 0.3) is 11.1 Å². The van der Waals surface area contributed by atoms with E-state index >= 15 is 0 Å². The normalized spacial score (nSPS) is 10.1. The summed E-state index contributed by atoms with van der Waals surface area (Å²) in [5.41, 5.74) is 1.30. The molecule has 18 heavy (non-hydrogen) atoms. The van der Waals surface area contributed by atoms with Gasteiger partial charge in [-0.1, -0.05) is 18.2 Å². The predicted octanol–water partition coefficient (Wildman–Crippen LogP) is 2.77. The number of carboxylic acids is 1. The van der Waals surface area contributed by atoms with Crippen LogP contribution >= 0.6 is 0 Å². The Morgan fingerprint density at radius 2 is 1.83 bits per heavy atom. The summed E-state index contributed by atoms with van der Waals surface area (Å²) in [6.07, 6.45) is 0. The van der Waals surface area contributed by atoms with Gasteiger partial charge < -0.3 is 14.9 Å². The van der Waals surface area contributed by atoms with E-state index in [4.69, 9.17) is 9.84 Å². The van der Waals surface area contributed by atoms with Crippen molar-refractivity contribution in [3.05, 3.63) is 48.0 Å². The fourth-order valence-corrected chi connectivity index (χ4v) is 1.76. The maximum Gasteiger partial charge on any atom is 0.335 e. The molecule has 2 aromatic rings. The molecule has 0 bridgehead atoms. The molecule has 0 aromatic heterocycles. The SMILES string of the molecule is COc1ccccc1-c1ccc(C(=O)O)cc1O. The number of aromatic hydroxyl groups is 1. The van der Waals surface area contributed by atoms with Crippen LogP contribution in [0.2, 0.25) is 0 Å². The smallest absolute Gasteiger partial charge is 0.335 e. The number of hydrogen-bond donors (Lipinski definition) is 2. The Balaban J connectivity index is 2.54. The maximum absolute atomic E-state index is 10.8. The molecule has 0 spiro atoms. The van der Waals surface area contributed by atoms with E-state index in [9.17, 15) is 9.90 Å². The van der Waals surface area contributed by atoms with Gasteiger partial charge in [0.05, 0.1) is 12.7 Å². The van der Waals surface area contributed by atoms with Crippen LogP contribution < -0.4 is 4.74 Å². The molecule has 4 nitrogen and oxygen atoms in total. The lowest BCUT2D eigenvalue weighted by Crippen LogP contribution is -1.96. The number of phenolic OH excluding ortho intramolecular Hbond substituents is 1. The van der Waals surface area contributed by atoms with E-state index in [1.165, 1.54) is 12.1 Å². The molecule has 0 fully saturated rings. The number of phenols is 1. The van der Waals surface area contributed by atoms with Crippen LogP contribution in [0.5, 0.6) is 11.5 Å². The Morgan fingerprint density at radius 3 is 2.44 bits per heavy atom. The van der Waals surface area contributed by atoms with E-state index in [0.717, 1.165) is 5.56 Å². The number of hydrogen-bond acceptors (Lipinski definition) is 3. The lowest BCUT2D eigenvalue weighted by Gasteiger charge is -2.10. The monoisotopic (exact) mass is 244 g/mol. The summed E-state index contributed by atoms with van der Waals surface area (Å²) < 4.78 is 5.20.